The average Bonchev–Trinajstić information content (AvgIpc) is 2.97. The molecule has 0 atom stereocenters. The number of hydrogen-bond acceptors (Lipinski definition) is 5. The molecule has 114 valence electrons. The molecule has 0 radical (unpaired) electrons. The van der Waals surface area contributed by atoms with Crippen LogP contribution < -0.4 is 10.1 Å². The van der Waals surface area contributed by atoms with Crippen molar-refractivity contribution in [2.45, 2.75) is 20.3 Å². The van der Waals surface area contributed by atoms with E-state index in [-0.39, 0.29) is 0 Å². The molecular formula is C16H19N5O. The number of nitrogens with zero attached hydrogens (tertiary/aromatic N) is 4. The van der Waals surface area contributed by atoms with Gasteiger partial charge in [-0.25, -0.2) is 4.98 Å². The maximum atomic E-state index is 5.65. The molecule has 3 aromatic rings. The van der Waals surface area contributed by atoms with Crippen LogP contribution in [0.5, 0.6) is 5.75 Å². The summed E-state index contributed by atoms with van der Waals surface area (Å²) in [6.45, 7) is 5.40. The minimum atomic E-state index is 0.609. The number of aromatic nitrogens is 4. The number of anilines is 1. The Balaban J connectivity index is 1.71. The molecule has 0 spiro atoms. The average molecular weight is 297 g/mol. The van der Waals surface area contributed by atoms with E-state index < -0.39 is 0 Å². The first kappa shape index (κ1) is 14.3. The summed E-state index contributed by atoms with van der Waals surface area (Å²) in [7, 11) is 0. The van der Waals surface area contributed by atoms with E-state index in [0.29, 0.717) is 12.4 Å². The molecule has 0 fully saturated rings. The van der Waals surface area contributed by atoms with Gasteiger partial charge in [0.05, 0.1) is 6.61 Å². The molecule has 22 heavy (non-hydrogen) atoms. The van der Waals surface area contributed by atoms with Crippen molar-refractivity contribution in [1.29, 1.82) is 0 Å². The highest BCUT2D eigenvalue weighted by atomic mass is 16.5. The van der Waals surface area contributed by atoms with Crippen LogP contribution in [0, 0.1) is 6.92 Å². The zero-order chi connectivity index (χ0) is 15.4. The van der Waals surface area contributed by atoms with Crippen LogP contribution in [0.4, 0.5) is 5.82 Å². The van der Waals surface area contributed by atoms with E-state index in [1.54, 1.807) is 4.52 Å². The first-order chi connectivity index (χ1) is 10.8. The minimum absolute atomic E-state index is 0.609. The van der Waals surface area contributed by atoms with E-state index in [4.69, 9.17) is 4.74 Å². The Morgan fingerprint density at radius 3 is 3.00 bits per heavy atom. The Labute approximate surface area is 129 Å². The Hall–Kier alpha value is -2.63. The van der Waals surface area contributed by atoms with E-state index in [1.165, 1.54) is 11.9 Å². The van der Waals surface area contributed by atoms with Gasteiger partial charge in [-0.2, -0.15) is 14.6 Å². The zero-order valence-corrected chi connectivity index (χ0v) is 12.8. The lowest BCUT2D eigenvalue weighted by Gasteiger charge is -2.11. The van der Waals surface area contributed by atoms with Gasteiger partial charge in [-0.05, 0) is 31.9 Å². The monoisotopic (exact) mass is 297 g/mol. The van der Waals surface area contributed by atoms with E-state index >= 15 is 0 Å². The van der Waals surface area contributed by atoms with Crippen LogP contribution in [0.3, 0.4) is 0 Å². The van der Waals surface area contributed by atoms with Crippen molar-refractivity contribution in [2.75, 3.05) is 18.5 Å². The van der Waals surface area contributed by atoms with Crippen molar-refractivity contribution >= 4 is 11.6 Å². The topological polar surface area (TPSA) is 64.3 Å². The van der Waals surface area contributed by atoms with Gasteiger partial charge in [0.15, 0.2) is 0 Å². The predicted molar refractivity (Wildman–Crippen MR) is 85.3 cm³/mol. The molecule has 1 N–H and O–H groups in total. The van der Waals surface area contributed by atoms with Gasteiger partial charge in [-0.15, -0.1) is 0 Å². The van der Waals surface area contributed by atoms with E-state index in [9.17, 15) is 0 Å². The van der Waals surface area contributed by atoms with Crippen molar-refractivity contribution in [3.63, 3.8) is 0 Å². The molecule has 0 aliphatic heterocycles. The van der Waals surface area contributed by atoms with E-state index in [0.717, 1.165) is 30.2 Å². The summed E-state index contributed by atoms with van der Waals surface area (Å²) in [5.74, 6) is 2.45. The van der Waals surface area contributed by atoms with Gasteiger partial charge in [0.2, 0.25) is 0 Å². The first-order valence-electron chi connectivity index (χ1n) is 7.40. The molecule has 1 aromatic carbocycles. The number of ether oxygens (including phenoxy) is 1. The van der Waals surface area contributed by atoms with Crippen LogP contribution in [0.2, 0.25) is 0 Å². The van der Waals surface area contributed by atoms with Crippen LogP contribution in [0.15, 0.2) is 36.7 Å². The second-order valence-corrected chi connectivity index (χ2v) is 4.97. The van der Waals surface area contributed by atoms with Crippen LogP contribution in [0.1, 0.15) is 18.2 Å². The van der Waals surface area contributed by atoms with Gasteiger partial charge >= 0.3 is 0 Å². The van der Waals surface area contributed by atoms with Crippen molar-refractivity contribution in [1.82, 2.24) is 19.6 Å². The van der Waals surface area contributed by atoms with Crippen LogP contribution in [0.25, 0.3) is 5.78 Å². The van der Waals surface area contributed by atoms with Crippen molar-refractivity contribution in [3.05, 3.63) is 47.9 Å². The number of para-hydroxylation sites is 1. The molecule has 0 bridgehead atoms. The number of aryl methyl sites for hydroxylation is 1. The van der Waals surface area contributed by atoms with Crippen LogP contribution in [-0.4, -0.2) is 32.7 Å². The van der Waals surface area contributed by atoms with Crippen molar-refractivity contribution < 1.29 is 4.74 Å². The van der Waals surface area contributed by atoms with Gasteiger partial charge in [-0.1, -0.05) is 18.2 Å². The molecule has 2 heterocycles. The van der Waals surface area contributed by atoms with Gasteiger partial charge in [0.1, 0.15) is 17.9 Å². The van der Waals surface area contributed by atoms with Crippen molar-refractivity contribution in [2.24, 2.45) is 0 Å². The smallest absolute Gasteiger partial charge is 0.254 e. The summed E-state index contributed by atoms with van der Waals surface area (Å²) in [5.41, 5.74) is 2.11. The molecule has 0 aliphatic carbocycles. The molecule has 0 aliphatic rings. The minimum Gasteiger partial charge on any atom is -0.494 e. The van der Waals surface area contributed by atoms with E-state index in [2.05, 4.69) is 26.4 Å². The highest BCUT2D eigenvalue weighted by Crippen LogP contribution is 2.18. The third kappa shape index (κ3) is 3.00. The fourth-order valence-corrected chi connectivity index (χ4v) is 2.39. The summed E-state index contributed by atoms with van der Waals surface area (Å²) < 4.78 is 7.36. The lowest BCUT2D eigenvalue weighted by atomic mass is 10.1. The van der Waals surface area contributed by atoms with Gasteiger partial charge in [-0.3, -0.25) is 0 Å². The predicted octanol–water partition coefficient (Wildman–Crippen LogP) is 2.49. The molecule has 0 unspecified atom stereocenters. The molecule has 0 saturated heterocycles. The highest BCUT2D eigenvalue weighted by molar-refractivity contribution is 5.45. The lowest BCUT2D eigenvalue weighted by molar-refractivity contribution is 0.336. The van der Waals surface area contributed by atoms with Crippen molar-refractivity contribution in [3.8, 4) is 5.75 Å². The molecule has 6 heteroatoms. The number of rotatable bonds is 6. The molecular weight excluding hydrogens is 278 g/mol. The Kier molecular flexibility index (Phi) is 4.18. The molecule has 6 nitrogen and oxygen atoms in total. The summed E-state index contributed by atoms with van der Waals surface area (Å²) in [6.07, 6.45) is 2.38. The first-order valence-corrected chi connectivity index (χ1v) is 7.40. The zero-order valence-electron chi connectivity index (χ0n) is 12.8. The number of benzene rings is 1. The second-order valence-electron chi connectivity index (χ2n) is 4.97. The Bertz CT molecular complexity index is 768. The molecule has 0 amide bonds. The maximum absolute atomic E-state index is 5.65. The fourth-order valence-electron chi connectivity index (χ4n) is 2.39. The third-order valence-electron chi connectivity index (χ3n) is 3.35. The second kappa shape index (κ2) is 6.43. The van der Waals surface area contributed by atoms with E-state index in [1.807, 2.05) is 38.1 Å². The molecule has 0 saturated carbocycles. The molecule has 2 aromatic heterocycles. The number of fused-ring (bicyclic) bond motifs is 1. The molecule has 3 rings (SSSR count). The SMILES string of the molecule is CCOc1ccccc1CCNc1cc(C)nc2ncnn12. The largest absolute Gasteiger partial charge is 0.494 e. The van der Waals surface area contributed by atoms with Crippen LogP contribution in [-0.2, 0) is 6.42 Å². The number of hydrogen-bond donors (Lipinski definition) is 1. The summed E-state index contributed by atoms with van der Waals surface area (Å²) >= 11 is 0. The van der Waals surface area contributed by atoms with Gasteiger partial charge in [0, 0.05) is 18.3 Å². The standard InChI is InChI=1S/C16H19N5O/c1-3-22-14-7-5-4-6-13(14)8-9-17-15-10-12(2)20-16-18-11-19-21(15)16/h4-7,10-11,17H,3,8-9H2,1-2H3. The van der Waals surface area contributed by atoms with Gasteiger partial charge < -0.3 is 10.1 Å². The van der Waals surface area contributed by atoms with Gasteiger partial charge in [0.25, 0.3) is 5.78 Å². The summed E-state index contributed by atoms with van der Waals surface area (Å²) in [6, 6.07) is 10.1. The van der Waals surface area contributed by atoms with Crippen LogP contribution >= 0.6 is 0 Å². The summed E-state index contributed by atoms with van der Waals surface area (Å²) in [5, 5.41) is 7.59. The number of nitrogens with one attached hydrogen (secondary N) is 1. The highest BCUT2D eigenvalue weighted by Gasteiger charge is 2.06. The lowest BCUT2D eigenvalue weighted by Crippen LogP contribution is -2.11. The third-order valence-corrected chi connectivity index (χ3v) is 3.35. The fraction of sp³-hybridized carbons (Fsp3) is 0.312. The quantitative estimate of drug-likeness (QED) is 0.757. The Morgan fingerprint density at radius 1 is 1.27 bits per heavy atom. The summed E-state index contributed by atoms with van der Waals surface area (Å²) in [4.78, 5) is 8.46. The normalized spacial score (nSPS) is 10.8. The Morgan fingerprint density at radius 2 is 2.14 bits per heavy atom. The maximum Gasteiger partial charge on any atom is 0.254 e.